The monoisotopic (exact) mass is 420 g/mol. The Morgan fingerprint density at radius 2 is 1.90 bits per heavy atom. The number of para-hydroxylation sites is 1. The average Bonchev–Trinajstić information content (AvgIpc) is 3.18. The molecule has 0 aliphatic rings. The lowest BCUT2D eigenvalue weighted by Gasteiger charge is -2.21. The van der Waals surface area contributed by atoms with Gasteiger partial charge < -0.3 is 4.74 Å². The van der Waals surface area contributed by atoms with E-state index < -0.39 is 0 Å². The Balaban J connectivity index is 1.86. The van der Waals surface area contributed by atoms with Crippen LogP contribution in [0.4, 0.5) is 10.8 Å². The quantitative estimate of drug-likeness (QED) is 0.361. The van der Waals surface area contributed by atoms with Crippen LogP contribution in [0.1, 0.15) is 41.0 Å². The Labute approximate surface area is 180 Å². The van der Waals surface area contributed by atoms with E-state index in [2.05, 4.69) is 4.98 Å². The first-order valence-corrected chi connectivity index (χ1v) is 10.6. The van der Waals surface area contributed by atoms with Crippen LogP contribution in [-0.2, 0) is 4.79 Å². The minimum absolute atomic E-state index is 0.115. The number of carbonyl (C=O) groups is 2. The normalized spacial score (nSPS) is 10.9. The lowest BCUT2D eigenvalue weighted by Crippen LogP contribution is -2.23. The van der Waals surface area contributed by atoms with Crippen LogP contribution >= 0.6 is 11.3 Å². The molecule has 6 heteroatoms. The van der Waals surface area contributed by atoms with Gasteiger partial charge in [-0.3, -0.25) is 14.5 Å². The zero-order chi connectivity index (χ0) is 21.7. The molecule has 0 saturated heterocycles. The van der Waals surface area contributed by atoms with Gasteiger partial charge in [-0.15, -0.1) is 11.3 Å². The first-order valence-electron chi connectivity index (χ1n) is 9.69. The van der Waals surface area contributed by atoms with Gasteiger partial charge in [0, 0.05) is 12.3 Å². The molecule has 5 nitrogen and oxygen atoms in total. The molecule has 0 fully saturated rings. The lowest BCUT2D eigenvalue weighted by molar-refractivity contribution is -0.115. The molecule has 0 spiro atoms. The maximum Gasteiger partial charge on any atom is 0.230 e. The highest BCUT2D eigenvalue weighted by Crippen LogP contribution is 2.32. The molecule has 2 aromatic carbocycles. The van der Waals surface area contributed by atoms with E-state index in [1.165, 1.54) is 24.3 Å². The molecule has 0 N–H and O–H groups in total. The smallest absolute Gasteiger partial charge is 0.230 e. The number of thiazole rings is 1. The molecule has 0 atom stereocenters. The number of allylic oxidation sites excluding steroid dienone is 1. The van der Waals surface area contributed by atoms with E-state index in [1.807, 2.05) is 50.4 Å². The Morgan fingerprint density at radius 3 is 2.63 bits per heavy atom. The van der Waals surface area contributed by atoms with Crippen molar-refractivity contribution in [3.8, 4) is 5.75 Å². The summed E-state index contributed by atoms with van der Waals surface area (Å²) in [7, 11) is 0. The number of amides is 1. The van der Waals surface area contributed by atoms with Gasteiger partial charge in [0.15, 0.2) is 10.9 Å². The van der Waals surface area contributed by atoms with Gasteiger partial charge in [0.1, 0.15) is 5.75 Å². The molecule has 30 heavy (non-hydrogen) atoms. The van der Waals surface area contributed by atoms with Crippen LogP contribution in [0, 0.1) is 13.8 Å². The molecule has 0 aliphatic carbocycles. The van der Waals surface area contributed by atoms with Gasteiger partial charge >= 0.3 is 0 Å². The van der Waals surface area contributed by atoms with Crippen LogP contribution in [0.15, 0.2) is 53.9 Å². The van der Waals surface area contributed by atoms with Crippen LogP contribution in [0.5, 0.6) is 5.75 Å². The van der Waals surface area contributed by atoms with Crippen LogP contribution < -0.4 is 9.64 Å². The van der Waals surface area contributed by atoms with E-state index in [0.29, 0.717) is 28.7 Å². The van der Waals surface area contributed by atoms with Gasteiger partial charge in [-0.05, 0) is 62.2 Å². The SMILES string of the molecule is CCOc1ccccc1C(=O)C=Cc1csc(N(C(C)=O)c2cccc(C)c2C)n1. The summed E-state index contributed by atoms with van der Waals surface area (Å²) in [5.41, 5.74) is 4.08. The predicted molar refractivity (Wildman–Crippen MR) is 122 cm³/mol. The molecule has 3 aromatic rings. The summed E-state index contributed by atoms with van der Waals surface area (Å²) in [5, 5.41) is 2.40. The molecule has 0 bridgehead atoms. The van der Waals surface area contributed by atoms with Crippen molar-refractivity contribution in [2.75, 3.05) is 11.5 Å². The van der Waals surface area contributed by atoms with Gasteiger partial charge in [-0.25, -0.2) is 4.98 Å². The number of ketones is 1. The van der Waals surface area contributed by atoms with Crippen molar-refractivity contribution in [1.29, 1.82) is 0 Å². The molecule has 1 heterocycles. The van der Waals surface area contributed by atoms with E-state index in [4.69, 9.17) is 4.74 Å². The molecule has 0 saturated carbocycles. The number of aromatic nitrogens is 1. The Morgan fingerprint density at radius 1 is 1.13 bits per heavy atom. The fourth-order valence-electron chi connectivity index (χ4n) is 3.04. The van der Waals surface area contributed by atoms with Crippen LogP contribution in [-0.4, -0.2) is 23.3 Å². The lowest BCUT2D eigenvalue weighted by atomic mass is 10.1. The largest absolute Gasteiger partial charge is 0.493 e. The molecule has 0 radical (unpaired) electrons. The minimum Gasteiger partial charge on any atom is -0.493 e. The average molecular weight is 421 g/mol. The summed E-state index contributed by atoms with van der Waals surface area (Å²) in [6.45, 7) is 7.89. The van der Waals surface area contributed by atoms with Gasteiger partial charge in [-0.1, -0.05) is 24.3 Å². The van der Waals surface area contributed by atoms with Crippen molar-refractivity contribution >= 4 is 39.9 Å². The number of hydrogen-bond acceptors (Lipinski definition) is 5. The summed E-state index contributed by atoms with van der Waals surface area (Å²) < 4.78 is 5.53. The predicted octanol–water partition coefficient (Wildman–Crippen LogP) is 5.74. The van der Waals surface area contributed by atoms with E-state index >= 15 is 0 Å². The second kappa shape index (κ2) is 9.50. The number of anilines is 2. The molecular weight excluding hydrogens is 396 g/mol. The molecule has 3 rings (SSSR count). The molecule has 1 amide bonds. The van der Waals surface area contributed by atoms with E-state index in [1.54, 1.807) is 29.2 Å². The second-order valence-electron chi connectivity index (χ2n) is 6.76. The standard InChI is InChI=1S/C24H24N2O3S/c1-5-29-23-12-7-6-10-20(23)22(28)14-13-19-15-30-24(25-19)26(18(4)27)21-11-8-9-16(2)17(21)3/h6-15H,5H2,1-4H3. The fourth-order valence-corrected chi connectivity index (χ4v) is 3.89. The maximum atomic E-state index is 12.6. The number of nitrogens with zero attached hydrogens (tertiary/aromatic N) is 2. The Kier molecular flexibility index (Phi) is 6.79. The van der Waals surface area contributed by atoms with Gasteiger partial charge in [-0.2, -0.15) is 0 Å². The molecular formula is C24H24N2O3S. The van der Waals surface area contributed by atoms with Crippen molar-refractivity contribution in [3.05, 3.63) is 76.3 Å². The number of ether oxygens (including phenoxy) is 1. The number of hydrogen-bond donors (Lipinski definition) is 0. The molecule has 1 aromatic heterocycles. The highest BCUT2D eigenvalue weighted by Gasteiger charge is 2.20. The third-order valence-corrected chi connectivity index (χ3v) is 5.53. The molecule has 0 unspecified atom stereocenters. The summed E-state index contributed by atoms with van der Waals surface area (Å²) in [6, 6.07) is 13.0. The second-order valence-corrected chi connectivity index (χ2v) is 7.59. The van der Waals surface area contributed by atoms with Gasteiger partial charge in [0.25, 0.3) is 0 Å². The highest BCUT2D eigenvalue weighted by atomic mass is 32.1. The van der Waals surface area contributed by atoms with Gasteiger partial charge in [0.2, 0.25) is 5.91 Å². The summed E-state index contributed by atoms with van der Waals surface area (Å²) in [4.78, 5) is 31.1. The first-order chi connectivity index (χ1) is 14.4. The zero-order valence-corrected chi connectivity index (χ0v) is 18.3. The summed E-state index contributed by atoms with van der Waals surface area (Å²) in [5.74, 6) is 0.285. The van der Waals surface area contributed by atoms with E-state index in [0.717, 1.165) is 16.8 Å². The summed E-state index contributed by atoms with van der Waals surface area (Å²) >= 11 is 1.36. The van der Waals surface area contributed by atoms with E-state index in [-0.39, 0.29) is 11.7 Å². The van der Waals surface area contributed by atoms with Crippen LogP contribution in [0.2, 0.25) is 0 Å². The van der Waals surface area contributed by atoms with Gasteiger partial charge in [0.05, 0.1) is 23.6 Å². The minimum atomic E-state index is -0.161. The number of carbonyl (C=O) groups excluding carboxylic acids is 2. The third-order valence-electron chi connectivity index (χ3n) is 4.69. The highest BCUT2D eigenvalue weighted by molar-refractivity contribution is 7.14. The number of benzene rings is 2. The Bertz CT molecular complexity index is 1100. The number of aryl methyl sites for hydroxylation is 1. The van der Waals surface area contributed by atoms with Crippen molar-refractivity contribution in [1.82, 2.24) is 4.98 Å². The van der Waals surface area contributed by atoms with Crippen molar-refractivity contribution in [3.63, 3.8) is 0 Å². The number of rotatable bonds is 7. The molecule has 154 valence electrons. The topological polar surface area (TPSA) is 59.5 Å². The van der Waals surface area contributed by atoms with E-state index in [9.17, 15) is 9.59 Å². The summed E-state index contributed by atoms with van der Waals surface area (Å²) in [6.07, 6.45) is 3.14. The third kappa shape index (κ3) is 4.66. The first kappa shape index (κ1) is 21.5. The zero-order valence-electron chi connectivity index (χ0n) is 17.5. The van der Waals surface area contributed by atoms with Crippen LogP contribution in [0.3, 0.4) is 0 Å². The van der Waals surface area contributed by atoms with Crippen molar-refractivity contribution in [2.45, 2.75) is 27.7 Å². The van der Waals surface area contributed by atoms with Crippen molar-refractivity contribution < 1.29 is 14.3 Å². The maximum absolute atomic E-state index is 12.6. The Hall–Kier alpha value is -3.25. The van der Waals surface area contributed by atoms with Crippen molar-refractivity contribution in [2.24, 2.45) is 0 Å². The fraction of sp³-hybridized carbons (Fsp3) is 0.208. The van der Waals surface area contributed by atoms with Crippen LogP contribution in [0.25, 0.3) is 6.08 Å². The molecule has 0 aliphatic heterocycles.